The Kier molecular flexibility index (Phi) is 5.51. The van der Waals surface area contributed by atoms with E-state index in [0.717, 1.165) is 36.3 Å². The zero-order valence-electron chi connectivity index (χ0n) is 12.5. The average Bonchev–Trinajstić information content (AvgIpc) is 2.53. The SMILES string of the molecule is CCCNc1ncnc(Oc2ccccc2CO)c1CC. The van der Waals surface area contributed by atoms with Crippen molar-refractivity contribution in [3.63, 3.8) is 0 Å². The summed E-state index contributed by atoms with van der Waals surface area (Å²) in [7, 11) is 0. The molecule has 2 N–H and O–H groups in total. The van der Waals surface area contributed by atoms with E-state index in [1.165, 1.54) is 6.33 Å². The largest absolute Gasteiger partial charge is 0.438 e. The average molecular weight is 287 g/mol. The van der Waals surface area contributed by atoms with Crippen molar-refractivity contribution in [1.29, 1.82) is 0 Å². The summed E-state index contributed by atoms with van der Waals surface area (Å²) in [6.45, 7) is 4.94. The third kappa shape index (κ3) is 3.70. The summed E-state index contributed by atoms with van der Waals surface area (Å²) in [5, 5.41) is 12.7. The number of aliphatic hydroxyl groups excluding tert-OH is 1. The fourth-order valence-electron chi connectivity index (χ4n) is 2.04. The zero-order valence-corrected chi connectivity index (χ0v) is 12.5. The first-order valence-electron chi connectivity index (χ1n) is 7.24. The van der Waals surface area contributed by atoms with E-state index in [1.807, 2.05) is 31.2 Å². The molecule has 0 amide bonds. The number of nitrogens with one attached hydrogen (secondary N) is 1. The van der Waals surface area contributed by atoms with Gasteiger partial charge in [0.1, 0.15) is 17.9 Å². The Bertz CT molecular complexity index is 587. The van der Waals surface area contributed by atoms with Gasteiger partial charge in [-0.2, -0.15) is 0 Å². The molecule has 0 spiro atoms. The summed E-state index contributed by atoms with van der Waals surface area (Å²) >= 11 is 0. The maximum absolute atomic E-state index is 9.37. The Hall–Kier alpha value is -2.14. The molecular weight excluding hydrogens is 266 g/mol. The normalized spacial score (nSPS) is 10.4. The van der Waals surface area contributed by atoms with Crippen LogP contribution in [-0.4, -0.2) is 21.6 Å². The van der Waals surface area contributed by atoms with Crippen molar-refractivity contribution in [2.75, 3.05) is 11.9 Å². The number of rotatable bonds is 7. The van der Waals surface area contributed by atoms with Crippen LogP contribution in [0.2, 0.25) is 0 Å². The summed E-state index contributed by atoms with van der Waals surface area (Å²) in [6, 6.07) is 7.40. The fraction of sp³-hybridized carbons (Fsp3) is 0.375. The first-order valence-corrected chi connectivity index (χ1v) is 7.24. The summed E-state index contributed by atoms with van der Waals surface area (Å²) in [5.41, 5.74) is 1.68. The smallest absolute Gasteiger partial charge is 0.227 e. The Morgan fingerprint density at radius 1 is 1.19 bits per heavy atom. The molecule has 1 heterocycles. The minimum atomic E-state index is -0.0658. The number of aromatic nitrogens is 2. The molecule has 5 nitrogen and oxygen atoms in total. The van der Waals surface area contributed by atoms with Crippen LogP contribution in [0.25, 0.3) is 0 Å². The van der Waals surface area contributed by atoms with Crippen LogP contribution >= 0.6 is 0 Å². The Morgan fingerprint density at radius 2 is 2.00 bits per heavy atom. The van der Waals surface area contributed by atoms with Gasteiger partial charge in [-0.3, -0.25) is 0 Å². The van der Waals surface area contributed by atoms with Crippen molar-refractivity contribution >= 4 is 5.82 Å². The molecule has 0 aliphatic carbocycles. The van der Waals surface area contributed by atoms with Gasteiger partial charge in [-0.1, -0.05) is 32.0 Å². The summed E-state index contributed by atoms with van der Waals surface area (Å²) in [4.78, 5) is 8.51. The van der Waals surface area contributed by atoms with Crippen molar-refractivity contribution in [1.82, 2.24) is 9.97 Å². The molecule has 5 heteroatoms. The van der Waals surface area contributed by atoms with Gasteiger partial charge in [0.15, 0.2) is 0 Å². The number of hydrogen-bond acceptors (Lipinski definition) is 5. The third-order valence-corrected chi connectivity index (χ3v) is 3.15. The molecule has 2 aromatic rings. The van der Waals surface area contributed by atoms with E-state index in [-0.39, 0.29) is 6.61 Å². The second kappa shape index (κ2) is 7.59. The third-order valence-electron chi connectivity index (χ3n) is 3.15. The van der Waals surface area contributed by atoms with Crippen LogP contribution in [-0.2, 0) is 13.0 Å². The van der Waals surface area contributed by atoms with E-state index in [9.17, 15) is 5.11 Å². The standard InChI is InChI=1S/C16H21N3O2/c1-3-9-17-15-13(4-2)16(19-11-18-15)21-14-8-6-5-7-12(14)10-20/h5-8,11,20H,3-4,9-10H2,1-2H3,(H,17,18,19). The van der Waals surface area contributed by atoms with E-state index in [0.29, 0.717) is 11.6 Å². The highest BCUT2D eigenvalue weighted by Crippen LogP contribution is 2.29. The Morgan fingerprint density at radius 3 is 2.71 bits per heavy atom. The number of ether oxygens (including phenoxy) is 1. The molecule has 0 aliphatic heterocycles. The highest BCUT2D eigenvalue weighted by Gasteiger charge is 2.13. The van der Waals surface area contributed by atoms with E-state index in [1.54, 1.807) is 0 Å². The van der Waals surface area contributed by atoms with Crippen LogP contribution in [0.4, 0.5) is 5.82 Å². The monoisotopic (exact) mass is 287 g/mol. The van der Waals surface area contributed by atoms with Crippen LogP contribution in [0.3, 0.4) is 0 Å². The second-order valence-corrected chi connectivity index (χ2v) is 4.65. The molecule has 112 valence electrons. The molecule has 0 radical (unpaired) electrons. The predicted molar refractivity (Wildman–Crippen MR) is 82.6 cm³/mol. The quantitative estimate of drug-likeness (QED) is 0.819. The number of hydrogen-bond donors (Lipinski definition) is 2. The lowest BCUT2D eigenvalue weighted by atomic mass is 10.2. The van der Waals surface area contributed by atoms with Crippen molar-refractivity contribution in [3.8, 4) is 11.6 Å². The highest BCUT2D eigenvalue weighted by molar-refractivity contribution is 5.50. The number of benzene rings is 1. The first-order chi connectivity index (χ1) is 10.3. The van der Waals surface area contributed by atoms with Crippen LogP contribution in [0.15, 0.2) is 30.6 Å². The van der Waals surface area contributed by atoms with Gasteiger partial charge in [0.2, 0.25) is 5.88 Å². The predicted octanol–water partition coefficient (Wildman–Crippen LogP) is 3.15. The highest BCUT2D eigenvalue weighted by atomic mass is 16.5. The van der Waals surface area contributed by atoms with E-state index in [2.05, 4.69) is 22.2 Å². The zero-order chi connectivity index (χ0) is 15.1. The molecule has 0 aliphatic rings. The van der Waals surface area contributed by atoms with E-state index in [4.69, 9.17) is 4.74 Å². The fourth-order valence-corrected chi connectivity index (χ4v) is 2.04. The van der Waals surface area contributed by atoms with Gasteiger partial charge >= 0.3 is 0 Å². The number of para-hydroxylation sites is 1. The lowest BCUT2D eigenvalue weighted by Crippen LogP contribution is -2.07. The van der Waals surface area contributed by atoms with Gasteiger partial charge in [-0.05, 0) is 18.9 Å². The lowest BCUT2D eigenvalue weighted by Gasteiger charge is -2.14. The molecule has 0 unspecified atom stereocenters. The molecule has 1 aromatic heterocycles. The minimum absolute atomic E-state index is 0.0658. The number of nitrogens with zero attached hydrogens (tertiary/aromatic N) is 2. The molecule has 0 saturated heterocycles. The molecular formula is C16H21N3O2. The first kappa shape index (κ1) is 15.3. The second-order valence-electron chi connectivity index (χ2n) is 4.65. The number of aliphatic hydroxyl groups is 1. The van der Waals surface area contributed by atoms with Gasteiger partial charge in [0.05, 0.1) is 12.2 Å². The van der Waals surface area contributed by atoms with Gasteiger partial charge in [-0.15, -0.1) is 0 Å². The van der Waals surface area contributed by atoms with E-state index < -0.39 is 0 Å². The van der Waals surface area contributed by atoms with E-state index >= 15 is 0 Å². The molecule has 2 rings (SSSR count). The number of anilines is 1. The van der Waals surface area contributed by atoms with Crippen LogP contribution in [0, 0.1) is 0 Å². The van der Waals surface area contributed by atoms with Gasteiger partial charge in [0.25, 0.3) is 0 Å². The van der Waals surface area contributed by atoms with Gasteiger partial charge < -0.3 is 15.2 Å². The maximum Gasteiger partial charge on any atom is 0.227 e. The molecule has 0 bridgehead atoms. The topological polar surface area (TPSA) is 67.3 Å². The van der Waals surface area contributed by atoms with Crippen LogP contribution in [0.5, 0.6) is 11.6 Å². The van der Waals surface area contributed by atoms with Crippen molar-refractivity contribution in [2.24, 2.45) is 0 Å². The van der Waals surface area contributed by atoms with Gasteiger partial charge in [-0.25, -0.2) is 9.97 Å². The van der Waals surface area contributed by atoms with Crippen LogP contribution < -0.4 is 10.1 Å². The van der Waals surface area contributed by atoms with Crippen molar-refractivity contribution in [2.45, 2.75) is 33.3 Å². The van der Waals surface area contributed by atoms with Crippen LogP contribution in [0.1, 0.15) is 31.4 Å². The molecule has 0 fully saturated rings. The summed E-state index contributed by atoms with van der Waals surface area (Å²) in [6.07, 6.45) is 3.29. The minimum Gasteiger partial charge on any atom is -0.438 e. The Labute approximate surface area is 125 Å². The molecule has 1 aromatic carbocycles. The molecule has 0 saturated carbocycles. The summed E-state index contributed by atoms with van der Waals surface area (Å²) < 4.78 is 5.89. The molecule has 21 heavy (non-hydrogen) atoms. The van der Waals surface area contributed by atoms with Gasteiger partial charge in [0, 0.05) is 12.1 Å². The lowest BCUT2D eigenvalue weighted by molar-refractivity contribution is 0.276. The van der Waals surface area contributed by atoms with Crippen molar-refractivity contribution < 1.29 is 9.84 Å². The summed E-state index contributed by atoms with van der Waals surface area (Å²) in [5.74, 6) is 1.97. The maximum atomic E-state index is 9.37. The van der Waals surface area contributed by atoms with Crippen molar-refractivity contribution in [3.05, 3.63) is 41.7 Å². The Balaban J connectivity index is 2.31. The molecule has 0 atom stereocenters.